The van der Waals surface area contributed by atoms with Crippen LogP contribution in [-0.2, 0) is 9.59 Å². The zero-order valence-electron chi connectivity index (χ0n) is 19.6. The minimum absolute atomic E-state index is 0.00543. The van der Waals surface area contributed by atoms with Crippen LogP contribution in [0.3, 0.4) is 0 Å². The molecule has 1 atom stereocenters. The Hall–Kier alpha value is -3.52. The van der Waals surface area contributed by atoms with Crippen molar-refractivity contribution in [3.63, 3.8) is 0 Å². The van der Waals surface area contributed by atoms with Gasteiger partial charge in [-0.25, -0.2) is 0 Å². The van der Waals surface area contributed by atoms with E-state index in [1.165, 1.54) is 18.1 Å². The molecule has 33 heavy (non-hydrogen) atoms. The Labute approximate surface area is 193 Å². The SMILES string of the molecule is COc1ccc(C(O)=C2C(=O)C(=O)N(CCCN(C)C)C2c2ccc(O)c(OC)c2)c(C)c1. The standard InChI is InChI=1S/C25H30N2O6/c1-15-13-17(32-4)8-9-18(15)23(29)21-22(16-7-10-19(28)20(14-16)33-5)27(25(31)24(21)30)12-6-11-26(2)3/h7-10,13-14,22,28-29H,6,11-12H2,1-5H3. The molecule has 0 saturated carbocycles. The number of aliphatic hydroxyl groups is 1. The van der Waals surface area contributed by atoms with E-state index in [-0.39, 0.29) is 22.8 Å². The fourth-order valence-corrected chi connectivity index (χ4v) is 4.05. The van der Waals surface area contributed by atoms with Crippen molar-refractivity contribution in [2.24, 2.45) is 0 Å². The normalized spacial score (nSPS) is 17.6. The average Bonchev–Trinajstić information content (AvgIpc) is 3.03. The van der Waals surface area contributed by atoms with Crippen LogP contribution in [0, 0.1) is 6.92 Å². The molecule has 1 fully saturated rings. The van der Waals surface area contributed by atoms with Gasteiger partial charge in [-0.05, 0) is 75.4 Å². The van der Waals surface area contributed by atoms with Crippen molar-refractivity contribution in [3.8, 4) is 17.2 Å². The van der Waals surface area contributed by atoms with Crippen LogP contribution in [-0.4, -0.2) is 73.1 Å². The predicted octanol–water partition coefficient (Wildman–Crippen LogP) is 3.09. The highest BCUT2D eigenvalue weighted by Gasteiger charge is 2.46. The fraction of sp³-hybridized carbons (Fsp3) is 0.360. The number of hydrogen-bond acceptors (Lipinski definition) is 7. The summed E-state index contributed by atoms with van der Waals surface area (Å²) in [6.45, 7) is 2.85. The Balaban J connectivity index is 2.16. The summed E-state index contributed by atoms with van der Waals surface area (Å²) in [5.74, 6) is -0.888. The Morgan fingerprint density at radius 3 is 2.42 bits per heavy atom. The average molecular weight is 455 g/mol. The molecular formula is C25H30N2O6. The van der Waals surface area contributed by atoms with Gasteiger partial charge in [-0.3, -0.25) is 9.59 Å². The zero-order chi connectivity index (χ0) is 24.3. The van der Waals surface area contributed by atoms with Crippen LogP contribution in [0.2, 0.25) is 0 Å². The number of ketones is 1. The lowest BCUT2D eigenvalue weighted by Gasteiger charge is -2.26. The maximum absolute atomic E-state index is 13.1. The zero-order valence-corrected chi connectivity index (χ0v) is 19.6. The molecule has 1 aliphatic rings. The number of likely N-dealkylation sites (tertiary alicyclic amines) is 1. The molecule has 0 bridgehead atoms. The van der Waals surface area contributed by atoms with Crippen LogP contribution in [0.4, 0.5) is 0 Å². The van der Waals surface area contributed by atoms with Gasteiger partial charge in [0.05, 0.1) is 25.8 Å². The number of carbonyl (C=O) groups is 2. The molecule has 176 valence electrons. The molecule has 0 spiro atoms. The van der Waals surface area contributed by atoms with Crippen LogP contribution in [0.1, 0.15) is 29.2 Å². The lowest BCUT2D eigenvalue weighted by molar-refractivity contribution is -0.139. The van der Waals surface area contributed by atoms with E-state index in [0.29, 0.717) is 35.4 Å². The first-order chi connectivity index (χ1) is 15.7. The number of benzene rings is 2. The van der Waals surface area contributed by atoms with E-state index in [2.05, 4.69) is 0 Å². The first-order valence-electron chi connectivity index (χ1n) is 10.6. The van der Waals surface area contributed by atoms with Gasteiger partial charge in [-0.2, -0.15) is 0 Å². The van der Waals surface area contributed by atoms with Crippen LogP contribution < -0.4 is 9.47 Å². The van der Waals surface area contributed by atoms with Crippen molar-refractivity contribution in [1.82, 2.24) is 9.80 Å². The summed E-state index contributed by atoms with van der Waals surface area (Å²) in [7, 11) is 6.84. The lowest BCUT2D eigenvalue weighted by Crippen LogP contribution is -2.32. The Morgan fingerprint density at radius 1 is 1.09 bits per heavy atom. The van der Waals surface area contributed by atoms with Gasteiger partial charge < -0.3 is 29.5 Å². The van der Waals surface area contributed by atoms with Crippen molar-refractivity contribution in [1.29, 1.82) is 0 Å². The van der Waals surface area contributed by atoms with Crippen molar-refractivity contribution in [2.75, 3.05) is 41.4 Å². The predicted molar refractivity (Wildman–Crippen MR) is 125 cm³/mol. The summed E-state index contributed by atoms with van der Waals surface area (Å²) in [6, 6.07) is 8.95. The lowest BCUT2D eigenvalue weighted by atomic mass is 9.93. The Bertz CT molecular complexity index is 1090. The number of amides is 1. The highest BCUT2D eigenvalue weighted by atomic mass is 16.5. The van der Waals surface area contributed by atoms with Gasteiger partial charge >= 0.3 is 0 Å². The smallest absolute Gasteiger partial charge is 0.295 e. The highest BCUT2D eigenvalue weighted by molar-refractivity contribution is 6.46. The molecule has 1 amide bonds. The van der Waals surface area contributed by atoms with Crippen LogP contribution in [0.25, 0.3) is 5.76 Å². The van der Waals surface area contributed by atoms with Gasteiger partial charge in [0.15, 0.2) is 11.5 Å². The molecule has 0 aromatic heterocycles. The number of rotatable bonds is 8. The number of hydrogen-bond donors (Lipinski definition) is 2. The van der Waals surface area contributed by atoms with Gasteiger partial charge in [0.2, 0.25) is 0 Å². The number of aliphatic hydroxyl groups excluding tert-OH is 1. The van der Waals surface area contributed by atoms with Crippen molar-refractivity contribution in [3.05, 3.63) is 58.7 Å². The second-order valence-electron chi connectivity index (χ2n) is 8.26. The van der Waals surface area contributed by atoms with Gasteiger partial charge in [-0.1, -0.05) is 6.07 Å². The maximum atomic E-state index is 13.1. The first-order valence-corrected chi connectivity index (χ1v) is 10.6. The molecule has 1 aliphatic heterocycles. The minimum atomic E-state index is -0.817. The number of ether oxygens (including phenoxy) is 2. The summed E-state index contributed by atoms with van der Waals surface area (Å²) in [4.78, 5) is 29.6. The summed E-state index contributed by atoms with van der Waals surface area (Å²) in [6.07, 6.45) is 0.646. The highest BCUT2D eigenvalue weighted by Crippen LogP contribution is 2.42. The summed E-state index contributed by atoms with van der Waals surface area (Å²) in [5, 5.41) is 21.3. The number of phenolic OH excluding ortho intramolecular Hbond substituents is 1. The number of nitrogens with zero attached hydrogens (tertiary/aromatic N) is 2. The summed E-state index contributed by atoms with van der Waals surface area (Å²) in [5.41, 5.74) is 1.71. The molecule has 8 nitrogen and oxygen atoms in total. The topological polar surface area (TPSA) is 99.5 Å². The fourth-order valence-electron chi connectivity index (χ4n) is 4.05. The second kappa shape index (κ2) is 9.95. The Kier molecular flexibility index (Phi) is 7.28. The molecule has 1 heterocycles. The van der Waals surface area contributed by atoms with Gasteiger partial charge in [0.25, 0.3) is 11.7 Å². The van der Waals surface area contributed by atoms with Gasteiger partial charge in [0, 0.05) is 12.1 Å². The molecule has 3 rings (SSSR count). The number of aryl methyl sites for hydroxylation is 1. The molecule has 8 heteroatoms. The molecule has 1 unspecified atom stereocenters. The first kappa shape index (κ1) is 24.1. The number of carbonyl (C=O) groups excluding carboxylic acids is 2. The third-order valence-electron chi connectivity index (χ3n) is 5.75. The number of methoxy groups -OCH3 is 2. The van der Waals surface area contributed by atoms with Crippen molar-refractivity contribution >= 4 is 17.4 Å². The second-order valence-corrected chi connectivity index (χ2v) is 8.26. The molecule has 2 aromatic carbocycles. The van der Waals surface area contributed by atoms with Crippen LogP contribution in [0.5, 0.6) is 17.2 Å². The van der Waals surface area contributed by atoms with E-state index in [0.717, 1.165) is 6.54 Å². The molecule has 2 N–H and O–H groups in total. The monoisotopic (exact) mass is 454 g/mol. The van der Waals surface area contributed by atoms with E-state index in [1.54, 1.807) is 44.4 Å². The summed E-state index contributed by atoms with van der Waals surface area (Å²) >= 11 is 0. The molecule has 1 saturated heterocycles. The number of Topliss-reactive ketones (excluding diaryl/α,β-unsaturated/α-hetero) is 1. The molecule has 2 aromatic rings. The van der Waals surface area contributed by atoms with E-state index in [1.807, 2.05) is 19.0 Å². The maximum Gasteiger partial charge on any atom is 0.295 e. The van der Waals surface area contributed by atoms with Crippen molar-refractivity contribution in [2.45, 2.75) is 19.4 Å². The molecule has 0 aliphatic carbocycles. The van der Waals surface area contributed by atoms with Crippen molar-refractivity contribution < 1.29 is 29.3 Å². The summed E-state index contributed by atoms with van der Waals surface area (Å²) < 4.78 is 10.5. The quantitative estimate of drug-likeness (QED) is 0.359. The largest absolute Gasteiger partial charge is 0.507 e. The third-order valence-corrected chi connectivity index (χ3v) is 5.75. The van der Waals surface area contributed by atoms with Crippen LogP contribution >= 0.6 is 0 Å². The molecule has 0 radical (unpaired) electrons. The van der Waals surface area contributed by atoms with E-state index < -0.39 is 17.7 Å². The van der Waals surface area contributed by atoms with Gasteiger partial charge in [-0.15, -0.1) is 0 Å². The van der Waals surface area contributed by atoms with E-state index >= 15 is 0 Å². The number of phenols is 1. The Morgan fingerprint density at radius 2 is 1.82 bits per heavy atom. The minimum Gasteiger partial charge on any atom is -0.507 e. The molecular weight excluding hydrogens is 424 g/mol. The van der Waals surface area contributed by atoms with E-state index in [4.69, 9.17) is 9.47 Å². The van der Waals surface area contributed by atoms with E-state index in [9.17, 15) is 19.8 Å². The number of aromatic hydroxyl groups is 1. The van der Waals surface area contributed by atoms with Gasteiger partial charge in [0.1, 0.15) is 11.5 Å². The third kappa shape index (κ3) is 4.80. The van der Waals surface area contributed by atoms with Crippen LogP contribution in [0.15, 0.2) is 42.0 Å².